The second-order valence-electron chi connectivity index (χ2n) is 6.06. The van der Waals surface area contributed by atoms with Crippen LogP contribution in [0.5, 0.6) is 0 Å². The highest BCUT2D eigenvalue weighted by atomic mass is 16.2. The second kappa shape index (κ2) is 5.66. The van der Waals surface area contributed by atoms with Crippen LogP contribution in [0.2, 0.25) is 0 Å². The number of piperazine rings is 1. The molecule has 2 atom stereocenters. The molecule has 1 amide bonds. The van der Waals surface area contributed by atoms with Crippen LogP contribution in [0.1, 0.15) is 25.5 Å². The van der Waals surface area contributed by atoms with Gasteiger partial charge in [0, 0.05) is 42.6 Å². The first kappa shape index (κ1) is 14.4. The Kier molecular flexibility index (Phi) is 3.87. The van der Waals surface area contributed by atoms with Gasteiger partial charge in [-0.1, -0.05) is 13.0 Å². The lowest BCUT2D eigenvalue weighted by Gasteiger charge is -2.40. The molecule has 0 spiro atoms. The predicted octanol–water partition coefficient (Wildman–Crippen LogP) is 1.43. The fraction of sp³-hybridized carbons (Fsp3) is 0.562. The van der Waals surface area contributed by atoms with Gasteiger partial charge in [-0.25, -0.2) is 0 Å². The summed E-state index contributed by atoms with van der Waals surface area (Å²) in [6, 6.07) is 6.63. The lowest BCUT2D eigenvalue weighted by atomic mass is 10.1. The summed E-state index contributed by atoms with van der Waals surface area (Å²) in [5.41, 5.74) is 3.22. The number of hydrogen-bond donors (Lipinski definition) is 2. The van der Waals surface area contributed by atoms with E-state index in [9.17, 15) is 4.79 Å². The monoisotopic (exact) mass is 288 g/mol. The van der Waals surface area contributed by atoms with Crippen LogP contribution in [0.4, 0.5) is 11.4 Å². The van der Waals surface area contributed by atoms with Crippen LogP contribution in [-0.2, 0) is 4.79 Å². The van der Waals surface area contributed by atoms with E-state index in [2.05, 4.69) is 52.6 Å². The van der Waals surface area contributed by atoms with E-state index in [0.717, 1.165) is 37.4 Å². The topological polar surface area (TPSA) is 47.6 Å². The molecule has 114 valence electrons. The molecule has 2 unspecified atom stereocenters. The zero-order chi connectivity index (χ0) is 15.0. The van der Waals surface area contributed by atoms with E-state index in [4.69, 9.17) is 0 Å². The van der Waals surface area contributed by atoms with E-state index >= 15 is 0 Å². The van der Waals surface area contributed by atoms with Crippen molar-refractivity contribution in [2.24, 2.45) is 0 Å². The quantitative estimate of drug-likeness (QED) is 0.883. The fourth-order valence-electron chi connectivity index (χ4n) is 3.36. The number of likely N-dealkylation sites (N-methyl/N-ethyl adjacent to an activating group) is 2. The van der Waals surface area contributed by atoms with Gasteiger partial charge in [0.05, 0.1) is 0 Å². The molecule has 2 N–H and O–H groups in total. The summed E-state index contributed by atoms with van der Waals surface area (Å²) in [4.78, 5) is 16.8. The zero-order valence-electron chi connectivity index (χ0n) is 13.0. The molecule has 0 bridgehead atoms. The predicted molar refractivity (Wildman–Crippen MR) is 85.8 cm³/mol. The Morgan fingerprint density at radius 3 is 2.90 bits per heavy atom. The number of nitrogens with zero attached hydrogens (tertiary/aromatic N) is 2. The molecule has 2 aliphatic rings. The van der Waals surface area contributed by atoms with Crippen molar-refractivity contribution in [3.8, 4) is 0 Å². The smallest absolute Gasteiger partial charge is 0.246 e. The third-order valence-corrected chi connectivity index (χ3v) is 4.44. The van der Waals surface area contributed by atoms with Gasteiger partial charge in [-0.2, -0.15) is 0 Å². The second-order valence-corrected chi connectivity index (χ2v) is 6.06. The van der Waals surface area contributed by atoms with E-state index in [1.165, 1.54) is 5.69 Å². The minimum Gasteiger partial charge on any atom is -0.366 e. The maximum absolute atomic E-state index is 12.0. The number of fused-ring (bicyclic) bond motifs is 1. The Morgan fingerprint density at radius 1 is 1.38 bits per heavy atom. The van der Waals surface area contributed by atoms with Gasteiger partial charge in [-0.15, -0.1) is 0 Å². The van der Waals surface area contributed by atoms with Gasteiger partial charge in [0.2, 0.25) is 5.91 Å². The van der Waals surface area contributed by atoms with Crippen molar-refractivity contribution in [2.75, 3.05) is 43.4 Å². The molecule has 1 saturated heterocycles. The van der Waals surface area contributed by atoms with Gasteiger partial charge in [0.25, 0.3) is 0 Å². The Morgan fingerprint density at radius 2 is 2.19 bits per heavy atom. The van der Waals surface area contributed by atoms with Crippen LogP contribution in [0.3, 0.4) is 0 Å². The number of nitrogens with one attached hydrogen (secondary N) is 2. The minimum absolute atomic E-state index is 0.0513. The van der Waals surface area contributed by atoms with Crippen molar-refractivity contribution in [3.05, 3.63) is 23.8 Å². The van der Waals surface area contributed by atoms with E-state index in [1.54, 1.807) is 0 Å². The van der Waals surface area contributed by atoms with Crippen LogP contribution in [0, 0.1) is 0 Å². The van der Waals surface area contributed by atoms with Crippen molar-refractivity contribution in [1.82, 2.24) is 10.2 Å². The van der Waals surface area contributed by atoms with Crippen LogP contribution in [-0.4, -0.2) is 50.1 Å². The highest BCUT2D eigenvalue weighted by molar-refractivity contribution is 6.03. The number of carbonyl (C=O) groups is 1. The summed E-state index contributed by atoms with van der Waals surface area (Å²) in [6.07, 6.45) is 0. The van der Waals surface area contributed by atoms with Crippen LogP contribution >= 0.6 is 0 Å². The van der Waals surface area contributed by atoms with Crippen LogP contribution in [0.15, 0.2) is 18.2 Å². The van der Waals surface area contributed by atoms with Gasteiger partial charge in [-0.3, -0.25) is 4.79 Å². The van der Waals surface area contributed by atoms with Crippen molar-refractivity contribution in [1.29, 1.82) is 0 Å². The van der Waals surface area contributed by atoms with Crippen molar-refractivity contribution < 1.29 is 4.79 Å². The van der Waals surface area contributed by atoms with Crippen molar-refractivity contribution >= 4 is 17.3 Å². The highest BCUT2D eigenvalue weighted by Gasteiger charge is 2.31. The molecule has 0 radical (unpaired) electrons. The average molecular weight is 288 g/mol. The van der Waals surface area contributed by atoms with Gasteiger partial charge < -0.3 is 20.4 Å². The van der Waals surface area contributed by atoms with E-state index in [0.29, 0.717) is 6.04 Å². The van der Waals surface area contributed by atoms with E-state index < -0.39 is 0 Å². The molecular weight excluding hydrogens is 264 g/mol. The van der Waals surface area contributed by atoms with E-state index in [1.807, 2.05) is 6.92 Å². The molecule has 1 aromatic carbocycles. The number of rotatable bonds is 3. The fourth-order valence-corrected chi connectivity index (χ4v) is 3.36. The lowest BCUT2D eigenvalue weighted by Crippen LogP contribution is -2.50. The molecule has 0 aliphatic carbocycles. The minimum atomic E-state index is -0.205. The van der Waals surface area contributed by atoms with Gasteiger partial charge in [0.15, 0.2) is 0 Å². The molecule has 0 saturated carbocycles. The molecule has 3 rings (SSSR count). The Bertz CT molecular complexity index is 545. The SMILES string of the molecule is CCNC1C(=O)Nc2cc(N3CCN(C)CC3C)ccc21. The van der Waals surface area contributed by atoms with Gasteiger partial charge in [0.1, 0.15) is 6.04 Å². The van der Waals surface area contributed by atoms with E-state index in [-0.39, 0.29) is 11.9 Å². The third kappa shape index (κ3) is 2.63. The highest BCUT2D eigenvalue weighted by Crippen LogP contribution is 2.34. The summed E-state index contributed by atoms with van der Waals surface area (Å²) in [5, 5.41) is 6.23. The Balaban J connectivity index is 1.84. The number of benzene rings is 1. The number of anilines is 2. The lowest BCUT2D eigenvalue weighted by molar-refractivity contribution is -0.117. The maximum atomic E-state index is 12.0. The zero-order valence-corrected chi connectivity index (χ0v) is 13.0. The number of hydrogen-bond acceptors (Lipinski definition) is 4. The Hall–Kier alpha value is -1.59. The summed E-state index contributed by atoms with van der Waals surface area (Å²) < 4.78 is 0. The summed E-state index contributed by atoms with van der Waals surface area (Å²) >= 11 is 0. The first-order valence-electron chi connectivity index (χ1n) is 7.73. The molecule has 5 heteroatoms. The molecule has 2 aliphatic heterocycles. The molecule has 5 nitrogen and oxygen atoms in total. The standard InChI is InChI=1S/C16H24N4O/c1-4-17-15-13-6-5-12(9-14(13)18-16(15)21)20-8-7-19(3)10-11(20)2/h5-6,9,11,15,17H,4,7-8,10H2,1-3H3,(H,18,21). The first-order valence-corrected chi connectivity index (χ1v) is 7.73. The molecule has 1 fully saturated rings. The molecule has 21 heavy (non-hydrogen) atoms. The summed E-state index contributed by atoms with van der Waals surface area (Å²) in [6.45, 7) is 8.24. The molecule has 1 aromatic rings. The number of carbonyl (C=O) groups excluding carboxylic acids is 1. The third-order valence-electron chi connectivity index (χ3n) is 4.44. The number of amides is 1. The Labute approximate surface area is 126 Å². The molecule has 0 aromatic heterocycles. The van der Waals surface area contributed by atoms with Crippen molar-refractivity contribution in [2.45, 2.75) is 25.9 Å². The van der Waals surface area contributed by atoms with Gasteiger partial charge in [-0.05, 0) is 32.6 Å². The maximum Gasteiger partial charge on any atom is 0.246 e. The first-order chi connectivity index (χ1) is 10.1. The van der Waals surface area contributed by atoms with Gasteiger partial charge >= 0.3 is 0 Å². The van der Waals surface area contributed by atoms with Crippen LogP contribution < -0.4 is 15.5 Å². The largest absolute Gasteiger partial charge is 0.366 e. The van der Waals surface area contributed by atoms with Crippen LogP contribution in [0.25, 0.3) is 0 Å². The average Bonchev–Trinajstić information content (AvgIpc) is 2.75. The van der Waals surface area contributed by atoms with Crippen molar-refractivity contribution in [3.63, 3.8) is 0 Å². The summed E-state index contributed by atoms with van der Waals surface area (Å²) in [5.74, 6) is 0.0513. The normalized spacial score (nSPS) is 25.9. The summed E-state index contributed by atoms with van der Waals surface area (Å²) in [7, 11) is 2.16. The molecular formula is C16H24N4O. The molecule has 2 heterocycles.